The van der Waals surface area contributed by atoms with Crippen LogP contribution in [0.15, 0.2) is 164 Å². The first-order valence-corrected chi connectivity index (χ1v) is 24.9. The molecule has 0 saturated heterocycles. The van der Waals surface area contributed by atoms with Gasteiger partial charge in [0.25, 0.3) is 0 Å². The summed E-state index contributed by atoms with van der Waals surface area (Å²) in [6, 6.07) is 52.3. The Labute approximate surface area is 370 Å². The van der Waals surface area contributed by atoms with E-state index in [0.717, 1.165) is 52.7 Å². The Morgan fingerprint density at radius 2 is 0.934 bits per heavy atom. The van der Waals surface area contributed by atoms with Gasteiger partial charge < -0.3 is 13.9 Å². The zero-order valence-electron chi connectivity index (χ0n) is 37.6. The van der Waals surface area contributed by atoms with E-state index in [-0.39, 0.29) is 23.9 Å². The second-order valence-corrected chi connectivity index (χ2v) is 20.0. The molecule has 0 fully saturated rings. The minimum absolute atomic E-state index is 0.216. The monoisotopic (exact) mass is 837 g/mol. The highest BCUT2D eigenvalue weighted by molar-refractivity contribution is 6.80. The summed E-state index contributed by atoms with van der Waals surface area (Å²) in [5.41, 5.74) is 1.79. The largest absolute Gasteiger partial charge is 0.436 e. The van der Waals surface area contributed by atoms with Crippen LogP contribution in [0.3, 0.4) is 0 Å². The maximum Gasteiger partial charge on any atom is 0.308 e. The Kier molecular flexibility index (Phi) is 20.3. The predicted octanol–water partition coefficient (Wildman–Crippen LogP) is 13.1. The maximum absolute atomic E-state index is 14.0. The fourth-order valence-corrected chi connectivity index (χ4v) is 10.5. The molecule has 2 atom stereocenters. The number of hydrogen-bond acceptors (Lipinski definition) is 4. The van der Waals surface area contributed by atoms with Crippen molar-refractivity contribution >= 4 is 25.4 Å². The molecule has 5 aromatic carbocycles. The lowest BCUT2D eigenvalue weighted by Crippen LogP contribution is -2.52. The molecule has 0 N–H and O–H groups in total. The Balaban J connectivity index is 1.34. The third kappa shape index (κ3) is 15.1. The van der Waals surface area contributed by atoms with E-state index in [9.17, 15) is 4.79 Å². The highest BCUT2D eigenvalue weighted by Crippen LogP contribution is 2.43. The van der Waals surface area contributed by atoms with Gasteiger partial charge in [0.1, 0.15) is 5.60 Å². The van der Waals surface area contributed by atoms with Gasteiger partial charge in [-0.1, -0.05) is 243 Å². The van der Waals surface area contributed by atoms with E-state index in [1.165, 1.54) is 57.8 Å². The van der Waals surface area contributed by atoms with E-state index in [0.29, 0.717) is 6.42 Å². The van der Waals surface area contributed by atoms with Crippen molar-refractivity contribution in [1.82, 2.24) is 0 Å². The van der Waals surface area contributed by atoms with Gasteiger partial charge in [0, 0.05) is 12.3 Å². The van der Waals surface area contributed by atoms with E-state index in [1.807, 2.05) is 30.3 Å². The second-order valence-electron chi connectivity index (χ2n) is 17.6. The van der Waals surface area contributed by atoms with Gasteiger partial charge in [0.2, 0.25) is 9.04 Å². The molecular weight excluding hydrogens is 765 g/mol. The molecule has 0 radical (unpaired) electrons. The Morgan fingerprint density at radius 1 is 0.541 bits per heavy atom. The van der Waals surface area contributed by atoms with Crippen LogP contribution in [0.5, 0.6) is 0 Å². The SMILES string of the molecule is CCCCCCCCC=CCCCCCCCC(=O)OC(O[SiH](c1ccccc1)c1ccccc1)C(COC(c1ccccc1)(c1ccccc1)c1ccccc1)C(C)(C)C. The van der Waals surface area contributed by atoms with Crippen molar-refractivity contribution in [3.05, 3.63) is 181 Å². The Bertz CT molecular complexity index is 1790. The molecule has 5 rings (SSSR count). The summed E-state index contributed by atoms with van der Waals surface area (Å²) in [7, 11) is -2.34. The molecule has 0 saturated carbocycles. The molecule has 0 amide bonds. The van der Waals surface area contributed by atoms with Crippen LogP contribution in [-0.2, 0) is 24.3 Å². The van der Waals surface area contributed by atoms with Gasteiger partial charge in [-0.25, -0.2) is 0 Å². The number of esters is 1. The molecule has 0 spiro atoms. The van der Waals surface area contributed by atoms with Gasteiger partial charge in [-0.15, -0.1) is 0 Å². The van der Waals surface area contributed by atoms with E-state index in [1.54, 1.807) is 0 Å². The molecule has 0 aliphatic carbocycles. The molecule has 324 valence electrons. The van der Waals surface area contributed by atoms with Gasteiger partial charge >= 0.3 is 5.97 Å². The van der Waals surface area contributed by atoms with Crippen molar-refractivity contribution in [1.29, 1.82) is 0 Å². The molecule has 0 aliphatic rings. The van der Waals surface area contributed by atoms with E-state index >= 15 is 0 Å². The highest BCUT2D eigenvalue weighted by atomic mass is 28.3. The van der Waals surface area contributed by atoms with Gasteiger partial charge in [0.05, 0.1) is 6.61 Å². The molecular formula is C56H72O4Si. The number of rotatable bonds is 27. The molecule has 0 aromatic heterocycles. The standard InChI is InChI=1S/C56H72O4Si/c1-5-6-7-8-9-10-11-12-13-14-15-16-17-18-34-45-53(57)59-54(60-61(50-41-30-22-31-42-50)51-43-32-23-33-44-51)52(55(2,3)4)46-58-56(47-35-24-19-25-36-47,48-37-26-20-27-38-48)49-39-28-21-29-40-49/h12-13,19-33,35-44,52,54,61H,5-11,14-18,34,45-46H2,1-4H3. The summed E-state index contributed by atoms with van der Waals surface area (Å²) in [5.74, 6) is -0.533. The third-order valence-corrected chi connectivity index (χ3v) is 14.3. The van der Waals surface area contributed by atoms with Crippen molar-refractivity contribution in [3.8, 4) is 0 Å². The molecule has 61 heavy (non-hydrogen) atoms. The first-order chi connectivity index (χ1) is 29.8. The maximum atomic E-state index is 14.0. The van der Waals surface area contributed by atoms with Crippen LogP contribution in [0.25, 0.3) is 0 Å². The average molecular weight is 837 g/mol. The lowest BCUT2D eigenvalue weighted by Gasteiger charge is -2.42. The molecule has 5 aromatic rings. The van der Waals surface area contributed by atoms with Crippen LogP contribution in [-0.4, -0.2) is 27.9 Å². The minimum atomic E-state index is -2.34. The molecule has 4 nitrogen and oxygen atoms in total. The van der Waals surface area contributed by atoms with E-state index in [2.05, 4.69) is 161 Å². The normalized spacial score (nSPS) is 13.1. The van der Waals surface area contributed by atoms with Crippen LogP contribution < -0.4 is 10.4 Å². The fourth-order valence-electron chi connectivity index (χ4n) is 8.19. The lowest BCUT2D eigenvalue weighted by molar-refractivity contribution is -0.188. The lowest BCUT2D eigenvalue weighted by atomic mass is 9.78. The van der Waals surface area contributed by atoms with Gasteiger partial charge in [-0.3, -0.25) is 4.79 Å². The molecule has 0 heterocycles. The van der Waals surface area contributed by atoms with Crippen LogP contribution in [0.1, 0.15) is 134 Å². The first-order valence-electron chi connectivity index (χ1n) is 23.2. The number of unbranched alkanes of at least 4 members (excludes halogenated alkanes) is 11. The van der Waals surface area contributed by atoms with Crippen molar-refractivity contribution in [2.75, 3.05) is 6.61 Å². The van der Waals surface area contributed by atoms with Crippen molar-refractivity contribution < 1.29 is 18.7 Å². The summed E-state index contributed by atoms with van der Waals surface area (Å²) < 4.78 is 21.4. The number of hydrogen-bond donors (Lipinski definition) is 0. The van der Waals surface area contributed by atoms with Gasteiger partial charge in [0.15, 0.2) is 6.29 Å². The predicted molar refractivity (Wildman–Crippen MR) is 258 cm³/mol. The number of allylic oxidation sites excluding steroid dienone is 2. The fraction of sp³-hybridized carbons (Fsp3) is 0.411. The molecule has 2 unspecified atom stereocenters. The minimum Gasteiger partial charge on any atom is -0.436 e. The Morgan fingerprint density at radius 3 is 1.36 bits per heavy atom. The van der Waals surface area contributed by atoms with Gasteiger partial charge in [-0.05, 0) is 64.6 Å². The first kappa shape index (κ1) is 47.5. The second kappa shape index (κ2) is 26.0. The number of benzene rings is 5. The number of ether oxygens (including phenoxy) is 2. The summed E-state index contributed by atoms with van der Waals surface area (Å²) in [6.45, 7) is 9.15. The highest BCUT2D eigenvalue weighted by Gasteiger charge is 2.43. The van der Waals surface area contributed by atoms with Crippen LogP contribution in [0.4, 0.5) is 0 Å². The number of carbonyl (C=O) groups excluding carboxylic acids is 1. The molecule has 0 bridgehead atoms. The van der Waals surface area contributed by atoms with Gasteiger partial charge in [-0.2, -0.15) is 0 Å². The van der Waals surface area contributed by atoms with Crippen molar-refractivity contribution in [3.63, 3.8) is 0 Å². The van der Waals surface area contributed by atoms with Crippen LogP contribution in [0, 0.1) is 11.3 Å². The summed E-state index contributed by atoms with van der Waals surface area (Å²) in [6.07, 6.45) is 20.0. The molecule has 5 heteroatoms. The quantitative estimate of drug-likeness (QED) is 0.0132. The van der Waals surface area contributed by atoms with Crippen LogP contribution in [0.2, 0.25) is 0 Å². The van der Waals surface area contributed by atoms with E-state index in [4.69, 9.17) is 13.9 Å². The summed E-state index contributed by atoms with van der Waals surface area (Å²) in [5, 5.41) is 2.26. The zero-order chi connectivity index (χ0) is 43.0. The Hall–Kier alpha value is -4.55. The van der Waals surface area contributed by atoms with Crippen LogP contribution >= 0.6 is 0 Å². The van der Waals surface area contributed by atoms with E-state index < -0.39 is 20.9 Å². The van der Waals surface area contributed by atoms with Crippen molar-refractivity contribution in [2.45, 2.75) is 129 Å². The number of carbonyl (C=O) groups is 1. The third-order valence-electron chi connectivity index (χ3n) is 11.8. The zero-order valence-corrected chi connectivity index (χ0v) is 38.7. The molecule has 0 aliphatic heterocycles. The summed E-state index contributed by atoms with van der Waals surface area (Å²) in [4.78, 5) is 14.0. The topological polar surface area (TPSA) is 44.8 Å². The summed E-state index contributed by atoms with van der Waals surface area (Å²) >= 11 is 0. The average Bonchev–Trinajstić information content (AvgIpc) is 3.29. The van der Waals surface area contributed by atoms with Crippen molar-refractivity contribution in [2.24, 2.45) is 11.3 Å². The smallest absolute Gasteiger partial charge is 0.308 e.